The molecule has 0 radical (unpaired) electrons. The van der Waals surface area contributed by atoms with Gasteiger partial charge in [0.25, 0.3) is 5.91 Å². The van der Waals surface area contributed by atoms with Crippen molar-refractivity contribution in [2.75, 3.05) is 32.8 Å². The molecule has 3 aromatic rings. The van der Waals surface area contributed by atoms with Crippen LogP contribution in [0.4, 0.5) is 18.3 Å². The summed E-state index contributed by atoms with van der Waals surface area (Å²) in [4.78, 5) is 28.1. The number of hydrogen-bond donors (Lipinski definition) is 2. The van der Waals surface area contributed by atoms with Crippen LogP contribution >= 0.6 is 11.3 Å². The Balaban J connectivity index is 1.71. The van der Waals surface area contributed by atoms with Crippen molar-refractivity contribution in [2.45, 2.75) is 39.2 Å². The topological polar surface area (TPSA) is 107 Å². The fraction of sp³-hybridized carbons (Fsp3) is 0.367. The third kappa shape index (κ3) is 8.63. The molecule has 8 nitrogen and oxygen atoms in total. The van der Waals surface area contributed by atoms with E-state index in [0.717, 1.165) is 43.4 Å². The number of ether oxygens (including phenoxy) is 3. The maximum atomic E-state index is 15.6. The molecule has 0 aliphatic rings. The number of hydrogen-bond acceptors (Lipinski definition) is 7. The smallest absolute Gasteiger partial charge is 0.371 e. The highest BCUT2D eigenvalue weighted by molar-refractivity contribution is 7.14. The van der Waals surface area contributed by atoms with E-state index in [1.54, 1.807) is 23.6 Å². The fourth-order valence-corrected chi connectivity index (χ4v) is 4.80. The third-order valence-electron chi connectivity index (χ3n) is 6.30. The Morgan fingerprint density at radius 3 is 2.43 bits per heavy atom. The van der Waals surface area contributed by atoms with Gasteiger partial charge in [0.05, 0.1) is 18.9 Å². The van der Waals surface area contributed by atoms with E-state index in [1.165, 1.54) is 7.11 Å². The van der Waals surface area contributed by atoms with Gasteiger partial charge in [-0.1, -0.05) is 26.0 Å². The largest absolute Gasteiger partial charge is 0.490 e. The summed E-state index contributed by atoms with van der Waals surface area (Å²) in [5, 5.41) is 13.1. The molecular formula is C30H33F3N2O6S. The lowest BCUT2D eigenvalue weighted by Gasteiger charge is -2.18. The zero-order valence-corrected chi connectivity index (χ0v) is 24.5. The monoisotopic (exact) mass is 606 g/mol. The third-order valence-corrected chi connectivity index (χ3v) is 7.06. The van der Waals surface area contributed by atoms with E-state index >= 15 is 4.39 Å². The van der Waals surface area contributed by atoms with E-state index in [-0.39, 0.29) is 22.0 Å². The quantitative estimate of drug-likeness (QED) is 0.108. The molecule has 0 aliphatic heterocycles. The SMILES string of the molecule is COC(=Cc1c(F)cc(C(=O)Nc2nc(-c3cccc(C(CCOCCCC(C)C)OC)c3F)cs2)cc1F)C(=O)O. The zero-order chi connectivity index (χ0) is 30.8. The first-order chi connectivity index (χ1) is 20.0. The summed E-state index contributed by atoms with van der Waals surface area (Å²) in [6.45, 7) is 5.35. The lowest BCUT2D eigenvalue weighted by molar-refractivity contribution is -0.135. The van der Waals surface area contributed by atoms with Crippen molar-refractivity contribution in [3.05, 3.63) is 75.6 Å². The van der Waals surface area contributed by atoms with Gasteiger partial charge in [-0.2, -0.15) is 0 Å². The van der Waals surface area contributed by atoms with E-state index in [1.807, 2.05) is 0 Å². The number of rotatable bonds is 15. The highest BCUT2D eigenvalue weighted by atomic mass is 32.1. The number of carboxylic acid groups (broad SMARTS) is 1. The van der Waals surface area contributed by atoms with Crippen LogP contribution in [0, 0.1) is 23.4 Å². The van der Waals surface area contributed by atoms with Crippen molar-refractivity contribution in [3.8, 4) is 11.3 Å². The fourth-order valence-electron chi connectivity index (χ4n) is 4.10. The molecule has 1 unspecified atom stereocenters. The summed E-state index contributed by atoms with van der Waals surface area (Å²) >= 11 is 1.01. The van der Waals surface area contributed by atoms with Gasteiger partial charge in [-0.3, -0.25) is 10.1 Å². The standard InChI is InChI=1S/C30H33F3N2O6S/c1-17(2)7-6-11-41-12-10-25(39-3)20-9-5-8-19(27(20)33)24-16-42-30(34-24)35-28(36)18-13-22(31)21(23(32)14-18)15-26(40-4)29(37)38/h5,8-9,13-17,25H,6-7,10-12H2,1-4H3,(H,37,38)(H,34,35,36). The van der Waals surface area contributed by atoms with Crippen molar-refractivity contribution in [2.24, 2.45) is 5.92 Å². The second-order valence-electron chi connectivity index (χ2n) is 9.73. The minimum Gasteiger partial charge on any atom is -0.490 e. The lowest BCUT2D eigenvalue weighted by atomic mass is 10.0. The Hall–Kier alpha value is -3.74. The molecule has 0 bridgehead atoms. The van der Waals surface area contributed by atoms with Crippen LogP contribution in [-0.2, 0) is 19.0 Å². The minimum absolute atomic E-state index is 0.0789. The average molecular weight is 607 g/mol. The Morgan fingerprint density at radius 1 is 1.10 bits per heavy atom. The van der Waals surface area contributed by atoms with Gasteiger partial charge in [0.1, 0.15) is 17.5 Å². The van der Waals surface area contributed by atoms with Gasteiger partial charge in [0, 0.05) is 60.5 Å². The second-order valence-corrected chi connectivity index (χ2v) is 10.6. The van der Waals surface area contributed by atoms with Crippen LogP contribution in [0.2, 0.25) is 0 Å². The number of methoxy groups -OCH3 is 2. The van der Waals surface area contributed by atoms with Gasteiger partial charge in [-0.15, -0.1) is 11.3 Å². The Kier molecular flexibility index (Phi) is 12.1. The number of aliphatic carboxylic acids is 1. The molecule has 12 heteroatoms. The van der Waals surface area contributed by atoms with Crippen LogP contribution in [0.3, 0.4) is 0 Å². The molecule has 0 aliphatic carbocycles. The molecular weight excluding hydrogens is 573 g/mol. The first-order valence-corrected chi connectivity index (χ1v) is 14.1. The van der Waals surface area contributed by atoms with E-state index < -0.39 is 46.8 Å². The zero-order valence-electron chi connectivity index (χ0n) is 23.7. The summed E-state index contributed by atoms with van der Waals surface area (Å²) in [6, 6.07) is 6.39. The highest BCUT2D eigenvalue weighted by Gasteiger charge is 2.21. The van der Waals surface area contributed by atoms with Crippen molar-refractivity contribution >= 4 is 34.4 Å². The molecule has 2 aromatic carbocycles. The number of carbonyl (C=O) groups is 2. The number of thiazole rings is 1. The molecule has 1 atom stereocenters. The number of aromatic nitrogens is 1. The predicted molar refractivity (Wildman–Crippen MR) is 154 cm³/mol. The van der Waals surface area contributed by atoms with E-state index in [2.05, 4.69) is 28.9 Å². The molecule has 1 heterocycles. The molecule has 3 rings (SSSR count). The summed E-state index contributed by atoms with van der Waals surface area (Å²) in [7, 11) is 2.55. The van der Waals surface area contributed by atoms with Gasteiger partial charge < -0.3 is 19.3 Å². The molecule has 0 spiro atoms. The normalized spacial score (nSPS) is 12.4. The van der Waals surface area contributed by atoms with Crippen LogP contribution in [0.15, 0.2) is 41.5 Å². The first kappa shape index (κ1) is 32.8. The molecule has 226 valence electrons. The molecule has 1 aromatic heterocycles. The highest BCUT2D eigenvalue weighted by Crippen LogP contribution is 2.33. The molecule has 1 amide bonds. The number of nitrogens with zero attached hydrogens (tertiary/aromatic N) is 1. The number of amides is 1. The lowest BCUT2D eigenvalue weighted by Crippen LogP contribution is -2.13. The average Bonchev–Trinajstić information content (AvgIpc) is 3.40. The number of nitrogens with one attached hydrogen (secondary N) is 1. The predicted octanol–water partition coefficient (Wildman–Crippen LogP) is 7.08. The van der Waals surface area contributed by atoms with E-state index in [0.29, 0.717) is 37.2 Å². The number of carbonyl (C=O) groups excluding carboxylic acids is 1. The molecule has 2 N–H and O–H groups in total. The Bertz CT molecular complexity index is 1400. The van der Waals surface area contributed by atoms with Crippen molar-refractivity contribution < 1.29 is 42.1 Å². The minimum atomic E-state index is -1.51. The summed E-state index contributed by atoms with van der Waals surface area (Å²) in [5.74, 6) is -5.30. The van der Waals surface area contributed by atoms with E-state index in [4.69, 9.17) is 14.6 Å². The first-order valence-electron chi connectivity index (χ1n) is 13.2. The van der Waals surface area contributed by atoms with Crippen molar-refractivity contribution in [3.63, 3.8) is 0 Å². The van der Waals surface area contributed by atoms with Gasteiger partial charge >= 0.3 is 5.97 Å². The second kappa shape index (κ2) is 15.5. The van der Waals surface area contributed by atoms with Crippen LogP contribution < -0.4 is 5.32 Å². The van der Waals surface area contributed by atoms with Gasteiger partial charge in [0.15, 0.2) is 5.13 Å². The Labute approximate surface area is 246 Å². The summed E-state index contributed by atoms with van der Waals surface area (Å²) < 4.78 is 60.5. The molecule has 0 fully saturated rings. The van der Waals surface area contributed by atoms with Gasteiger partial charge in [-0.25, -0.2) is 22.9 Å². The summed E-state index contributed by atoms with van der Waals surface area (Å²) in [6.07, 6.45) is 2.63. The Morgan fingerprint density at radius 2 is 1.81 bits per heavy atom. The van der Waals surface area contributed by atoms with Crippen LogP contribution in [0.1, 0.15) is 60.7 Å². The van der Waals surface area contributed by atoms with Crippen molar-refractivity contribution in [1.82, 2.24) is 4.98 Å². The van der Waals surface area contributed by atoms with Crippen LogP contribution in [0.5, 0.6) is 0 Å². The number of carboxylic acids is 1. The number of anilines is 1. The maximum Gasteiger partial charge on any atom is 0.371 e. The van der Waals surface area contributed by atoms with E-state index in [9.17, 15) is 18.4 Å². The van der Waals surface area contributed by atoms with Gasteiger partial charge in [0.2, 0.25) is 5.76 Å². The van der Waals surface area contributed by atoms with Gasteiger partial charge in [-0.05, 0) is 37.0 Å². The van der Waals surface area contributed by atoms with Crippen LogP contribution in [0.25, 0.3) is 17.3 Å². The molecule has 0 saturated heterocycles. The number of halogens is 3. The summed E-state index contributed by atoms with van der Waals surface area (Å²) in [5.41, 5.74) is -0.239. The van der Waals surface area contributed by atoms with Crippen molar-refractivity contribution in [1.29, 1.82) is 0 Å². The molecule has 0 saturated carbocycles. The maximum absolute atomic E-state index is 15.6. The molecule has 42 heavy (non-hydrogen) atoms. The van der Waals surface area contributed by atoms with Crippen LogP contribution in [-0.4, -0.2) is 49.4 Å². The number of benzene rings is 2.